The highest BCUT2D eigenvalue weighted by atomic mass is 16.7. The fourth-order valence-corrected chi connectivity index (χ4v) is 3.97. The number of hydrogen-bond donors (Lipinski definition) is 3. The summed E-state index contributed by atoms with van der Waals surface area (Å²) in [6.07, 6.45) is 0.956. The van der Waals surface area contributed by atoms with E-state index in [1.165, 1.54) is 0 Å². The summed E-state index contributed by atoms with van der Waals surface area (Å²) in [5.74, 6) is -0.802. The first-order valence-corrected chi connectivity index (χ1v) is 6.06. The van der Waals surface area contributed by atoms with Crippen molar-refractivity contribution in [3.05, 3.63) is 0 Å². The quantitative estimate of drug-likeness (QED) is 0.519. The van der Waals surface area contributed by atoms with Crippen LogP contribution in [-0.4, -0.2) is 40.3 Å². The number of nitrogens with zero attached hydrogens (tertiary/aromatic N) is 1. The molecule has 17 heavy (non-hydrogen) atoms. The van der Waals surface area contributed by atoms with Gasteiger partial charge >= 0.3 is 0 Å². The molecule has 6 nitrogen and oxygen atoms in total. The van der Waals surface area contributed by atoms with Gasteiger partial charge in [0.25, 0.3) is 0 Å². The van der Waals surface area contributed by atoms with E-state index in [0.717, 1.165) is 6.42 Å². The Hall–Kier alpha value is -0.850. The average molecular weight is 239 g/mol. The zero-order valence-electron chi connectivity index (χ0n) is 9.93. The monoisotopic (exact) mass is 239 g/mol. The largest absolute Gasteiger partial charge is 0.370 e. The summed E-state index contributed by atoms with van der Waals surface area (Å²) >= 11 is 0. The molecule has 4 aliphatic heterocycles. The van der Waals surface area contributed by atoms with Crippen molar-refractivity contribution >= 4 is 5.96 Å². The molecule has 0 aromatic heterocycles. The highest BCUT2D eigenvalue weighted by molar-refractivity contribution is 5.80. The van der Waals surface area contributed by atoms with E-state index in [1.807, 2.05) is 13.8 Å². The van der Waals surface area contributed by atoms with Crippen LogP contribution in [0, 0.1) is 5.92 Å². The minimum atomic E-state index is -1.22. The van der Waals surface area contributed by atoms with Gasteiger partial charge in [-0.2, -0.15) is 0 Å². The maximum Gasteiger partial charge on any atom is 0.192 e. The topological polar surface area (TPSA) is 89.1 Å². The van der Waals surface area contributed by atoms with Gasteiger partial charge in [-0.3, -0.25) is 0 Å². The summed E-state index contributed by atoms with van der Waals surface area (Å²) in [6, 6.07) is 0. The van der Waals surface area contributed by atoms with Gasteiger partial charge in [-0.15, -0.1) is 0 Å². The molecule has 0 radical (unpaired) electrons. The van der Waals surface area contributed by atoms with Crippen molar-refractivity contribution in [3.8, 4) is 0 Å². The first-order valence-electron chi connectivity index (χ1n) is 6.06. The molecule has 4 aliphatic rings. The summed E-state index contributed by atoms with van der Waals surface area (Å²) in [7, 11) is 0. The number of aliphatic hydroxyl groups is 1. The van der Waals surface area contributed by atoms with E-state index in [4.69, 9.17) is 15.2 Å². The summed E-state index contributed by atoms with van der Waals surface area (Å²) in [5.41, 5.74) is 4.77. The van der Waals surface area contributed by atoms with Gasteiger partial charge < -0.3 is 25.6 Å². The third-order valence-electron chi connectivity index (χ3n) is 5.03. The SMILES string of the molecule is C[C@@]12NC(N)=N[C@H]3O[C@H]4C[C@]1(O)O[C@@]4(C)C[C@H]32. The first-order chi connectivity index (χ1) is 7.86. The van der Waals surface area contributed by atoms with Crippen LogP contribution in [0.3, 0.4) is 0 Å². The third-order valence-corrected chi connectivity index (χ3v) is 5.03. The van der Waals surface area contributed by atoms with Crippen LogP contribution in [0.4, 0.5) is 0 Å². The Kier molecular flexibility index (Phi) is 1.46. The van der Waals surface area contributed by atoms with Crippen LogP contribution in [0.5, 0.6) is 0 Å². The van der Waals surface area contributed by atoms with Gasteiger partial charge in [0.1, 0.15) is 0 Å². The van der Waals surface area contributed by atoms with E-state index in [-0.39, 0.29) is 18.2 Å². The van der Waals surface area contributed by atoms with Crippen molar-refractivity contribution in [1.82, 2.24) is 5.32 Å². The molecule has 0 aliphatic carbocycles. The van der Waals surface area contributed by atoms with E-state index in [0.29, 0.717) is 12.4 Å². The van der Waals surface area contributed by atoms with Crippen LogP contribution in [0.2, 0.25) is 0 Å². The van der Waals surface area contributed by atoms with Crippen molar-refractivity contribution in [1.29, 1.82) is 0 Å². The fourth-order valence-electron chi connectivity index (χ4n) is 3.97. The Balaban J connectivity index is 1.93. The lowest BCUT2D eigenvalue weighted by atomic mass is 9.71. The van der Waals surface area contributed by atoms with Crippen LogP contribution < -0.4 is 11.1 Å². The number of hydrogen-bond acceptors (Lipinski definition) is 6. The van der Waals surface area contributed by atoms with Crippen molar-refractivity contribution in [2.45, 2.75) is 55.9 Å². The predicted molar refractivity (Wildman–Crippen MR) is 59.0 cm³/mol. The van der Waals surface area contributed by atoms with E-state index in [1.54, 1.807) is 0 Å². The van der Waals surface area contributed by atoms with Crippen LogP contribution in [0.15, 0.2) is 4.99 Å². The lowest BCUT2D eigenvalue weighted by Crippen LogP contribution is -2.75. The third kappa shape index (κ3) is 0.927. The van der Waals surface area contributed by atoms with Gasteiger partial charge in [0.05, 0.1) is 17.2 Å². The maximum atomic E-state index is 10.8. The highest BCUT2D eigenvalue weighted by Gasteiger charge is 2.74. The van der Waals surface area contributed by atoms with Crippen molar-refractivity contribution in [2.24, 2.45) is 16.6 Å². The van der Waals surface area contributed by atoms with Crippen LogP contribution in [0.25, 0.3) is 0 Å². The molecule has 6 heteroatoms. The molecule has 0 aromatic carbocycles. The summed E-state index contributed by atoms with van der Waals surface area (Å²) in [4.78, 5) is 4.30. The number of nitrogens with one attached hydrogen (secondary N) is 1. The van der Waals surface area contributed by atoms with E-state index < -0.39 is 16.9 Å². The molecule has 4 heterocycles. The average Bonchev–Trinajstić information content (AvgIpc) is 2.41. The Morgan fingerprint density at radius 1 is 1.47 bits per heavy atom. The number of ether oxygens (including phenoxy) is 2. The number of rotatable bonds is 0. The van der Waals surface area contributed by atoms with Crippen LogP contribution in [-0.2, 0) is 9.47 Å². The molecule has 4 rings (SSSR count). The second-order valence-electron chi connectivity index (χ2n) is 6.07. The number of aliphatic imine (C=N–C) groups is 1. The molecule has 4 N–H and O–H groups in total. The minimum absolute atomic E-state index is 0.0947. The molecular weight excluding hydrogens is 222 g/mol. The van der Waals surface area contributed by atoms with Crippen molar-refractivity contribution < 1.29 is 14.6 Å². The molecule has 6 atom stereocenters. The lowest BCUT2D eigenvalue weighted by molar-refractivity contribution is -0.326. The molecule has 0 amide bonds. The van der Waals surface area contributed by atoms with E-state index in [9.17, 15) is 5.11 Å². The Bertz CT molecular complexity index is 442. The molecular formula is C11H17N3O3. The van der Waals surface area contributed by atoms with Gasteiger partial charge in [0.15, 0.2) is 18.0 Å². The summed E-state index contributed by atoms with van der Waals surface area (Å²) < 4.78 is 11.8. The van der Waals surface area contributed by atoms with Gasteiger partial charge in [0, 0.05) is 12.3 Å². The highest BCUT2D eigenvalue weighted by Crippen LogP contribution is 2.60. The zero-order chi connectivity index (χ0) is 12.1. The van der Waals surface area contributed by atoms with Crippen molar-refractivity contribution in [3.63, 3.8) is 0 Å². The molecule has 94 valence electrons. The Labute approximate surface area is 99.2 Å². The molecule has 0 saturated carbocycles. The fraction of sp³-hybridized carbons (Fsp3) is 0.909. The van der Waals surface area contributed by atoms with Gasteiger partial charge in [0.2, 0.25) is 0 Å². The molecule has 3 bridgehead atoms. The van der Waals surface area contributed by atoms with Crippen LogP contribution >= 0.6 is 0 Å². The lowest BCUT2D eigenvalue weighted by Gasteiger charge is -2.57. The molecule has 3 saturated heterocycles. The number of fused-ring (bicyclic) bond motifs is 2. The van der Waals surface area contributed by atoms with Gasteiger partial charge in [-0.05, 0) is 20.3 Å². The normalized spacial score (nSPS) is 63.2. The van der Waals surface area contributed by atoms with E-state index in [2.05, 4.69) is 10.3 Å². The predicted octanol–water partition coefficient (Wildman–Crippen LogP) is -0.725. The van der Waals surface area contributed by atoms with Crippen LogP contribution in [0.1, 0.15) is 26.7 Å². The Morgan fingerprint density at radius 2 is 2.24 bits per heavy atom. The second-order valence-corrected chi connectivity index (χ2v) is 6.07. The molecule has 0 unspecified atom stereocenters. The minimum Gasteiger partial charge on any atom is -0.370 e. The summed E-state index contributed by atoms with van der Waals surface area (Å²) in [5, 5.41) is 13.9. The van der Waals surface area contributed by atoms with Gasteiger partial charge in [-0.1, -0.05) is 0 Å². The second kappa shape index (κ2) is 2.46. The first kappa shape index (κ1) is 10.1. The zero-order valence-corrected chi connectivity index (χ0v) is 9.93. The summed E-state index contributed by atoms with van der Waals surface area (Å²) in [6.45, 7) is 3.95. The Morgan fingerprint density at radius 3 is 3.00 bits per heavy atom. The standard InChI is InChI=1S/C11H17N3O3/c1-9-3-5-7-13-8(12)14-10(5,2)11(15,17-9)4-6(9)16-7/h5-7,15H,3-4H2,1-2H3,(H3,12,13,14)/t5-,6+,7+,9+,10+,11+/m1/s1. The number of nitrogens with two attached hydrogens (primary N) is 1. The maximum absolute atomic E-state index is 10.8. The van der Waals surface area contributed by atoms with Gasteiger partial charge in [-0.25, -0.2) is 4.99 Å². The number of guanidine groups is 1. The smallest absolute Gasteiger partial charge is 0.192 e. The molecule has 0 aromatic rings. The molecule has 0 spiro atoms. The van der Waals surface area contributed by atoms with Crippen molar-refractivity contribution in [2.75, 3.05) is 0 Å². The van der Waals surface area contributed by atoms with E-state index >= 15 is 0 Å². The molecule has 3 fully saturated rings.